The first-order valence-corrected chi connectivity index (χ1v) is 10.8. The predicted octanol–water partition coefficient (Wildman–Crippen LogP) is 3.93. The maximum atomic E-state index is 15.2. The Bertz CT molecular complexity index is 882. The number of imidazole rings is 1. The van der Waals surface area contributed by atoms with Gasteiger partial charge in [-0.2, -0.15) is 0 Å². The van der Waals surface area contributed by atoms with E-state index < -0.39 is 15.5 Å². The zero-order valence-corrected chi connectivity index (χ0v) is 15.2. The van der Waals surface area contributed by atoms with Crippen LogP contribution in [0.15, 0.2) is 36.8 Å². The molecule has 0 spiro atoms. The molecule has 0 amide bonds. The van der Waals surface area contributed by atoms with E-state index in [1.165, 1.54) is 17.4 Å². The molecule has 0 saturated heterocycles. The highest BCUT2D eigenvalue weighted by Crippen LogP contribution is 2.44. The summed E-state index contributed by atoms with van der Waals surface area (Å²) in [5.41, 5.74) is 2.25. The fourth-order valence-corrected chi connectivity index (χ4v) is 5.50. The Balaban J connectivity index is 1.48. The normalized spacial score (nSPS) is 28.6. The number of halogens is 1. The van der Waals surface area contributed by atoms with Gasteiger partial charge in [0.05, 0.1) is 29.5 Å². The molecular weight excluding hydrogens is 339 g/mol. The van der Waals surface area contributed by atoms with Crippen molar-refractivity contribution in [3.63, 3.8) is 0 Å². The van der Waals surface area contributed by atoms with Gasteiger partial charge in [-0.1, -0.05) is 24.3 Å². The lowest BCUT2D eigenvalue weighted by Crippen LogP contribution is -2.35. The number of aromatic nitrogens is 2. The van der Waals surface area contributed by atoms with Crippen molar-refractivity contribution in [3.05, 3.63) is 42.4 Å². The summed E-state index contributed by atoms with van der Waals surface area (Å²) in [7, 11) is -3.06. The molecule has 1 atom stereocenters. The monoisotopic (exact) mass is 362 g/mol. The highest BCUT2D eigenvalue weighted by atomic mass is 32.2. The molecule has 1 unspecified atom stereocenters. The fraction of sp³-hybridized carbons (Fsp3) is 0.526. The Morgan fingerprint density at radius 2 is 2.00 bits per heavy atom. The van der Waals surface area contributed by atoms with Crippen molar-refractivity contribution in [2.24, 2.45) is 0 Å². The van der Waals surface area contributed by atoms with Gasteiger partial charge in [0.2, 0.25) is 0 Å². The van der Waals surface area contributed by atoms with Crippen molar-refractivity contribution >= 4 is 9.84 Å². The van der Waals surface area contributed by atoms with Crippen molar-refractivity contribution in [3.8, 4) is 11.3 Å². The summed E-state index contributed by atoms with van der Waals surface area (Å²) in [6.07, 6.45) is 7.68. The molecule has 1 saturated carbocycles. The average molecular weight is 362 g/mol. The third-order valence-electron chi connectivity index (χ3n) is 5.90. The van der Waals surface area contributed by atoms with Crippen LogP contribution in [0, 0.1) is 0 Å². The summed E-state index contributed by atoms with van der Waals surface area (Å²) in [5.74, 6) is 0. The quantitative estimate of drug-likeness (QED) is 0.828. The number of sulfone groups is 1. The average Bonchev–Trinajstić information content (AvgIpc) is 3.14. The number of fused-ring (bicyclic) bond motifs is 3. The van der Waals surface area contributed by atoms with Crippen LogP contribution in [0.5, 0.6) is 0 Å². The summed E-state index contributed by atoms with van der Waals surface area (Å²) in [6, 6.07) is 8.36. The predicted molar refractivity (Wildman–Crippen MR) is 96.0 cm³/mol. The van der Waals surface area contributed by atoms with Crippen LogP contribution in [0.1, 0.15) is 50.1 Å². The zero-order chi connectivity index (χ0) is 17.7. The largest absolute Gasteiger partial charge is 0.323 e. The SMILES string of the molecule is CS(=O)(=O)C1CCC(F)(CCC2c3ccccc3-c3cncn32)CC1. The number of hydrogen-bond acceptors (Lipinski definition) is 3. The van der Waals surface area contributed by atoms with Gasteiger partial charge in [-0.15, -0.1) is 0 Å². The van der Waals surface area contributed by atoms with Crippen LogP contribution < -0.4 is 0 Å². The van der Waals surface area contributed by atoms with E-state index in [1.807, 2.05) is 24.7 Å². The molecule has 134 valence electrons. The number of alkyl halides is 1. The molecule has 2 heterocycles. The highest BCUT2D eigenvalue weighted by molar-refractivity contribution is 7.91. The van der Waals surface area contributed by atoms with E-state index in [9.17, 15) is 8.42 Å². The molecule has 0 radical (unpaired) electrons. The van der Waals surface area contributed by atoms with Crippen molar-refractivity contribution in [2.75, 3.05) is 6.26 Å². The second kappa shape index (κ2) is 5.94. The highest BCUT2D eigenvalue weighted by Gasteiger charge is 2.39. The second-order valence-corrected chi connectivity index (χ2v) is 9.83. The Labute approximate surface area is 148 Å². The van der Waals surface area contributed by atoms with E-state index >= 15 is 4.39 Å². The number of hydrogen-bond donors (Lipinski definition) is 0. The number of nitrogens with zero attached hydrogens (tertiary/aromatic N) is 2. The molecule has 25 heavy (non-hydrogen) atoms. The van der Waals surface area contributed by atoms with Gasteiger partial charge in [0, 0.05) is 11.8 Å². The molecule has 1 fully saturated rings. The molecule has 2 aliphatic rings. The lowest BCUT2D eigenvalue weighted by atomic mass is 9.81. The van der Waals surface area contributed by atoms with Crippen LogP contribution in [0.3, 0.4) is 0 Å². The van der Waals surface area contributed by atoms with E-state index in [-0.39, 0.29) is 11.3 Å². The molecule has 1 aliphatic carbocycles. The number of benzene rings is 1. The second-order valence-electron chi connectivity index (χ2n) is 7.51. The van der Waals surface area contributed by atoms with E-state index in [1.54, 1.807) is 0 Å². The molecule has 4 nitrogen and oxygen atoms in total. The first kappa shape index (κ1) is 16.8. The van der Waals surface area contributed by atoms with Crippen molar-refractivity contribution in [2.45, 2.75) is 55.5 Å². The third kappa shape index (κ3) is 3.01. The molecule has 2 aromatic rings. The van der Waals surface area contributed by atoms with Gasteiger partial charge < -0.3 is 4.57 Å². The van der Waals surface area contributed by atoms with Crippen LogP contribution in [0.2, 0.25) is 0 Å². The minimum atomic E-state index is -3.06. The lowest BCUT2D eigenvalue weighted by Gasteiger charge is -2.34. The zero-order valence-electron chi connectivity index (χ0n) is 14.4. The lowest BCUT2D eigenvalue weighted by molar-refractivity contribution is 0.0914. The topological polar surface area (TPSA) is 52.0 Å². The summed E-state index contributed by atoms with van der Waals surface area (Å²) < 4.78 is 40.7. The Kier molecular flexibility index (Phi) is 3.98. The van der Waals surface area contributed by atoms with Crippen molar-refractivity contribution in [1.82, 2.24) is 9.55 Å². The Hall–Kier alpha value is -1.69. The van der Waals surface area contributed by atoms with Crippen LogP contribution in [-0.2, 0) is 9.84 Å². The molecule has 1 aromatic heterocycles. The minimum Gasteiger partial charge on any atom is -0.323 e. The van der Waals surface area contributed by atoms with Gasteiger partial charge >= 0.3 is 0 Å². The maximum Gasteiger partial charge on any atom is 0.150 e. The molecular formula is C19H23FN2O2S. The Morgan fingerprint density at radius 3 is 2.72 bits per heavy atom. The third-order valence-corrected chi connectivity index (χ3v) is 7.58. The number of rotatable bonds is 4. The van der Waals surface area contributed by atoms with Gasteiger partial charge in [0.15, 0.2) is 0 Å². The molecule has 1 aliphatic heterocycles. The van der Waals surface area contributed by atoms with Gasteiger partial charge in [0.1, 0.15) is 15.5 Å². The molecule has 0 bridgehead atoms. The maximum absolute atomic E-state index is 15.2. The summed E-state index contributed by atoms with van der Waals surface area (Å²) in [5, 5.41) is -0.371. The van der Waals surface area contributed by atoms with Gasteiger partial charge in [0.25, 0.3) is 0 Å². The van der Waals surface area contributed by atoms with Crippen molar-refractivity contribution in [1.29, 1.82) is 0 Å². The van der Waals surface area contributed by atoms with Crippen LogP contribution in [0.25, 0.3) is 11.3 Å². The molecule has 1 aromatic carbocycles. The Morgan fingerprint density at radius 1 is 1.28 bits per heavy atom. The van der Waals surface area contributed by atoms with E-state index in [0.717, 1.165) is 5.69 Å². The van der Waals surface area contributed by atoms with Crippen LogP contribution in [-0.4, -0.2) is 35.1 Å². The van der Waals surface area contributed by atoms with E-state index in [0.29, 0.717) is 38.5 Å². The van der Waals surface area contributed by atoms with Crippen LogP contribution in [0.4, 0.5) is 4.39 Å². The summed E-state index contributed by atoms with van der Waals surface area (Å²) in [4.78, 5) is 4.24. The van der Waals surface area contributed by atoms with Crippen LogP contribution >= 0.6 is 0 Å². The van der Waals surface area contributed by atoms with E-state index in [4.69, 9.17) is 0 Å². The van der Waals surface area contributed by atoms with Gasteiger partial charge in [-0.05, 0) is 44.1 Å². The smallest absolute Gasteiger partial charge is 0.150 e. The molecule has 4 rings (SSSR count). The first-order chi connectivity index (χ1) is 11.9. The molecule has 6 heteroatoms. The minimum absolute atomic E-state index is 0.119. The summed E-state index contributed by atoms with van der Waals surface area (Å²) in [6.45, 7) is 0. The fourth-order valence-electron chi connectivity index (χ4n) is 4.41. The van der Waals surface area contributed by atoms with Gasteiger partial charge in [-0.3, -0.25) is 0 Å². The standard InChI is InChI=1S/C19H23FN2O2S/c1-25(23,24)14-6-9-19(20,10-7-14)11-8-17-15-4-2-3-5-16(15)18-12-21-13-22(17)18/h2-5,12-14,17H,6-11H2,1H3. The van der Waals surface area contributed by atoms with E-state index in [2.05, 4.69) is 21.7 Å². The first-order valence-electron chi connectivity index (χ1n) is 8.86. The van der Waals surface area contributed by atoms with Crippen molar-refractivity contribution < 1.29 is 12.8 Å². The summed E-state index contributed by atoms with van der Waals surface area (Å²) >= 11 is 0. The van der Waals surface area contributed by atoms with Gasteiger partial charge in [-0.25, -0.2) is 17.8 Å². The molecule has 0 N–H and O–H groups in total.